The summed E-state index contributed by atoms with van der Waals surface area (Å²) in [6.07, 6.45) is 0.797. The highest BCUT2D eigenvalue weighted by Crippen LogP contribution is 2.33. The largest absolute Gasteiger partial charge is 0.496 e. The Bertz CT molecular complexity index is 627. The van der Waals surface area contributed by atoms with Crippen molar-refractivity contribution in [1.29, 1.82) is 0 Å². The maximum Gasteiger partial charge on any atom is 0.281 e. The van der Waals surface area contributed by atoms with Crippen LogP contribution in [0.5, 0.6) is 5.75 Å². The van der Waals surface area contributed by atoms with Crippen LogP contribution in [0.4, 0.5) is 0 Å². The molecule has 1 saturated heterocycles. The molecule has 2 aromatic carbocycles. The van der Waals surface area contributed by atoms with Crippen LogP contribution >= 0.6 is 0 Å². The van der Waals surface area contributed by atoms with Crippen LogP contribution in [0.1, 0.15) is 28.4 Å². The summed E-state index contributed by atoms with van der Waals surface area (Å²) in [7, 11) is 1.56. The molecule has 0 spiro atoms. The molecule has 1 atom stereocenters. The first-order chi connectivity index (χ1) is 10.3. The maximum atomic E-state index is 12.7. The van der Waals surface area contributed by atoms with Crippen LogP contribution in [-0.2, 0) is 4.84 Å². The zero-order chi connectivity index (χ0) is 14.7. The number of rotatable bonds is 3. The van der Waals surface area contributed by atoms with Crippen molar-refractivity contribution in [2.75, 3.05) is 13.7 Å². The standard InChI is InChI=1S/C17H17NO3/c1-20-16-10-6-5-9-14(16)17(19)18-15(11-12-21-18)13-7-3-2-4-8-13/h2-10,15H,11-12H2,1H3. The molecule has 3 rings (SSSR count). The highest BCUT2D eigenvalue weighted by atomic mass is 16.7. The lowest BCUT2D eigenvalue weighted by molar-refractivity contribution is -0.0966. The molecule has 1 aliphatic rings. The van der Waals surface area contributed by atoms with Crippen molar-refractivity contribution in [3.63, 3.8) is 0 Å². The summed E-state index contributed by atoms with van der Waals surface area (Å²) >= 11 is 0. The molecule has 108 valence electrons. The van der Waals surface area contributed by atoms with Crippen LogP contribution in [0, 0.1) is 0 Å². The van der Waals surface area contributed by atoms with E-state index in [-0.39, 0.29) is 11.9 Å². The van der Waals surface area contributed by atoms with Crippen molar-refractivity contribution in [1.82, 2.24) is 5.06 Å². The second-order valence-corrected chi connectivity index (χ2v) is 4.88. The number of nitrogens with zero attached hydrogens (tertiary/aromatic N) is 1. The maximum absolute atomic E-state index is 12.7. The molecule has 2 aromatic rings. The normalized spacial score (nSPS) is 17.8. The summed E-state index contributed by atoms with van der Waals surface area (Å²) in [6.45, 7) is 0.542. The summed E-state index contributed by atoms with van der Waals surface area (Å²) in [5.74, 6) is 0.392. The van der Waals surface area contributed by atoms with E-state index in [2.05, 4.69) is 0 Å². The summed E-state index contributed by atoms with van der Waals surface area (Å²) in [5, 5.41) is 1.47. The number of ether oxygens (including phenoxy) is 1. The Morgan fingerprint density at radius 1 is 1.14 bits per heavy atom. The topological polar surface area (TPSA) is 38.8 Å². The molecule has 0 aliphatic carbocycles. The summed E-state index contributed by atoms with van der Waals surface area (Å²) in [5.41, 5.74) is 1.60. The number of hydrogen-bond donors (Lipinski definition) is 0. The Labute approximate surface area is 123 Å². The molecule has 4 heteroatoms. The van der Waals surface area contributed by atoms with Gasteiger partial charge in [0.05, 0.1) is 25.3 Å². The molecule has 1 amide bonds. The van der Waals surface area contributed by atoms with Gasteiger partial charge in [-0.3, -0.25) is 9.63 Å². The number of carbonyl (C=O) groups excluding carboxylic acids is 1. The zero-order valence-corrected chi connectivity index (χ0v) is 11.9. The summed E-state index contributed by atoms with van der Waals surface area (Å²) in [6, 6.07) is 17.1. The molecule has 21 heavy (non-hydrogen) atoms. The number of methoxy groups -OCH3 is 1. The highest BCUT2D eigenvalue weighted by molar-refractivity contribution is 5.96. The Morgan fingerprint density at radius 3 is 2.62 bits per heavy atom. The molecule has 4 nitrogen and oxygen atoms in total. The molecule has 1 aliphatic heterocycles. The number of hydroxylamine groups is 2. The van der Waals surface area contributed by atoms with E-state index in [1.807, 2.05) is 42.5 Å². The SMILES string of the molecule is COc1ccccc1C(=O)N1OCCC1c1ccccc1. The first-order valence-electron chi connectivity index (χ1n) is 6.95. The van der Waals surface area contributed by atoms with E-state index in [1.165, 1.54) is 5.06 Å². The van der Waals surface area contributed by atoms with E-state index in [0.29, 0.717) is 17.9 Å². The minimum absolute atomic E-state index is 0.0522. The van der Waals surface area contributed by atoms with Crippen molar-refractivity contribution in [2.24, 2.45) is 0 Å². The molecule has 1 unspecified atom stereocenters. The number of hydrogen-bond acceptors (Lipinski definition) is 3. The van der Waals surface area contributed by atoms with E-state index in [0.717, 1.165) is 12.0 Å². The van der Waals surface area contributed by atoms with Gasteiger partial charge in [0.1, 0.15) is 5.75 Å². The second-order valence-electron chi connectivity index (χ2n) is 4.88. The van der Waals surface area contributed by atoms with Gasteiger partial charge >= 0.3 is 0 Å². The van der Waals surface area contributed by atoms with Gasteiger partial charge < -0.3 is 4.74 Å². The zero-order valence-electron chi connectivity index (χ0n) is 11.9. The first kappa shape index (κ1) is 13.6. The molecular weight excluding hydrogens is 266 g/mol. The number of amides is 1. The van der Waals surface area contributed by atoms with Crippen molar-refractivity contribution in [2.45, 2.75) is 12.5 Å². The lowest BCUT2D eigenvalue weighted by atomic mass is 10.0. The van der Waals surface area contributed by atoms with Gasteiger partial charge in [-0.05, 0) is 17.7 Å². The lowest BCUT2D eigenvalue weighted by Crippen LogP contribution is -2.29. The van der Waals surface area contributed by atoms with Crippen molar-refractivity contribution in [3.05, 3.63) is 65.7 Å². The van der Waals surface area contributed by atoms with Crippen molar-refractivity contribution >= 4 is 5.91 Å². The highest BCUT2D eigenvalue weighted by Gasteiger charge is 2.33. The molecule has 0 N–H and O–H groups in total. The summed E-state index contributed by atoms with van der Waals surface area (Å²) < 4.78 is 5.26. The molecule has 0 saturated carbocycles. The van der Waals surface area contributed by atoms with Crippen LogP contribution in [0.25, 0.3) is 0 Å². The fraction of sp³-hybridized carbons (Fsp3) is 0.235. The second kappa shape index (κ2) is 5.97. The Hall–Kier alpha value is -2.33. The number of carbonyl (C=O) groups is 1. The lowest BCUT2D eigenvalue weighted by Gasteiger charge is -2.23. The van der Waals surface area contributed by atoms with Crippen molar-refractivity contribution < 1.29 is 14.4 Å². The Kier molecular flexibility index (Phi) is 3.88. The molecule has 0 radical (unpaired) electrons. The fourth-order valence-corrected chi connectivity index (χ4v) is 2.59. The predicted octanol–water partition coefficient (Wildman–Crippen LogP) is 3.21. The van der Waals surface area contributed by atoms with Gasteiger partial charge in [-0.1, -0.05) is 42.5 Å². The predicted molar refractivity (Wildman–Crippen MR) is 78.9 cm³/mol. The molecule has 0 bridgehead atoms. The third kappa shape index (κ3) is 2.62. The third-order valence-electron chi connectivity index (χ3n) is 3.63. The first-order valence-corrected chi connectivity index (χ1v) is 6.95. The Morgan fingerprint density at radius 2 is 1.86 bits per heavy atom. The molecular formula is C17H17NO3. The average Bonchev–Trinajstić information content (AvgIpc) is 3.04. The fourth-order valence-electron chi connectivity index (χ4n) is 2.59. The number of benzene rings is 2. The van der Waals surface area contributed by atoms with Crippen LogP contribution in [-0.4, -0.2) is 24.7 Å². The van der Waals surface area contributed by atoms with Crippen LogP contribution in [0.3, 0.4) is 0 Å². The van der Waals surface area contributed by atoms with Crippen LogP contribution in [0.15, 0.2) is 54.6 Å². The Balaban J connectivity index is 1.90. The smallest absolute Gasteiger partial charge is 0.281 e. The molecule has 1 fully saturated rings. The van der Waals surface area contributed by atoms with E-state index in [9.17, 15) is 4.79 Å². The quantitative estimate of drug-likeness (QED) is 0.868. The van der Waals surface area contributed by atoms with Gasteiger partial charge in [-0.2, -0.15) is 0 Å². The third-order valence-corrected chi connectivity index (χ3v) is 3.63. The van der Waals surface area contributed by atoms with E-state index in [4.69, 9.17) is 9.57 Å². The van der Waals surface area contributed by atoms with E-state index >= 15 is 0 Å². The number of para-hydroxylation sites is 1. The summed E-state index contributed by atoms with van der Waals surface area (Å²) in [4.78, 5) is 18.3. The van der Waals surface area contributed by atoms with Gasteiger partial charge in [0.15, 0.2) is 0 Å². The van der Waals surface area contributed by atoms with Crippen molar-refractivity contribution in [3.8, 4) is 5.75 Å². The van der Waals surface area contributed by atoms with Gasteiger partial charge in [0.2, 0.25) is 0 Å². The average molecular weight is 283 g/mol. The molecule has 0 aromatic heterocycles. The van der Waals surface area contributed by atoms with Gasteiger partial charge in [0, 0.05) is 6.42 Å². The van der Waals surface area contributed by atoms with Gasteiger partial charge in [0.25, 0.3) is 5.91 Å². The van der Waals surface area contributed by atoms with Crippen LogP contribution in [0.2, 0.25) is 0 Å². The minimum atomic E-state index is -0.168. The van der Waals surface area contributed by atoms with Gasteiger partial charge in [-0.25, -0.2) is 5.06 Å². The minimum Gasteiger partial charge on any atom is -0.496 e. The molecule has 1 heterocycles. The van der Waals surface area contributed by atoms with Gasteiger partial charge in [-0.15, -0.1) is 0 Å². The van der Waals surface area contributed by atoms with Crippen LogP contribution < -0.4 is 4.74 Å². The van der Waals surface area contributed by atoms with E-state index in [1.54, 1.807) is 19.2 Å². The van der Waals surface area contributed by atoms with E-state index < -0.39 is 0 Å². The monoisotopic (exact) mass is 283 g/mol.